The van der Waals surface area contributed by atoms with Crippen LogP contribution in [0, 0.1) is 0 Å². The van der Waals surface area contributed by atoms with Crippen LogP contribution in [-0.2, 0) is 9.84 Å². The molecule has 10 heteroatoms. The topological polar surface area (TPSA) is 97.2 Å². The first kappa shape index (κ1) is 20.3. The van der Waals surface area contributed by atoms with E-state index in [2.05, 4.69) is 20.3 Å². The highest BCUT2D eigenvalue weighted by molar-refractivity contribution is 7.91. The molecule has 2 fully saturated rings. The Kier molecular flexibility index (Phi) is 5.37. The summed E-state index contributed by atoms with van der Waals surface area (Å²) >= 11 is 1.37. The fraction of sp³-hybridized carbons (Fsp3) is 0.381. The van der Waals surface area contributed by atoms with Crippen LogP contribution in [0.25, 0.3) is 16.3 Å². The maximum Gasteiger partial charge on any atom is 0.271 e. The Balaban J connectivity index is 1.31. The monoisotopic (exact) mass is 457 g/mol. The molecule has 8 nitrogen and oxygen atoms in total. The van der Waals surface area contributed by atoms with Crippen LogP contribution in [-0.4, -0.2) is 70.7 Å². The minimum atomic E-state index is -3.16. The Hall–Kier alpha value is -2.56. The van der Waals surface area contributed by atoms with E-state index in [9.17, 15) is 13.2 Å². The number of benzene rings is 1. The lowest BCUT2D eigenvalue weighted by molar-refractivity contribution is 0.0914. The van der Waals surface area contributed by atoms with Crippen molar-refractivity contribution in [3.8, 4) is 16.3 Å². The Morgan fingerprint density at radius 3 is 2.68 bits per heavy atom. The number of thiazole rings is 1. The van der Waals surface area contributed by atoms with Crippen LogP contribution < -0.4 is 5.32 Å². The van der Waals surface area contributed by atoms with Gasteiger partial charge in [-0.1, -0.05) is 18.2 Å². The lowest BCUT2D eigenvalue weighted by Gasteiger charge is -2.28. The fourth-order valence-electron chi connectivity index (χ4n) is 4.31. The van der Waals surface area contributed by atoms with E-state index in [0.29, 0.717) is 10.7 Å². The lowest BCUT2D eigenvalue weighted by atomic mass is 10.1. The van der Waals surface area contributed by atoms with E-state index in [1.54, 1.807) is 16.3 Å². The highest BCUT2D eigenvalue weighted by atomic mass is 32.2. The van der Waals surface area contributed by atoms with Gasteiger partial charge in [-0.3, -0.25) is 9.69 Å². The molecule has 31 heavy (non-hydrogen) atoms. The molecule has 3 aromatic rings. The molecule has 2 aliphatic heterocycles. The zero-order chi connectivity index (χ0) is 21.4. The van der Waals surface area contributed by atoms with Crippen molar-refractivity contribution < 1.29 is 13.2 Å². The van der Waals surface area contributed by atoms with Crippen molar-refractivity contribution in [1.29, 1.82) is 0 Å². The average Bonchev–Trinajstić information content (AvgIpc) is 3.54. The number of likely N-dealkylation sites (tertiary alicyclic amines) is 1. The van der Waals surface area contributed by atoms with Crippen molar-refractivity contribution in [3.05, 3.63) is 53.8 Å². The van der Waals surface area contributed by atoms with Gasteiger partial charge in [0, 0.05) is 23.2 Å². The van der Waals surface area contributed by atoms with E-state index in [-0.39, 0.29) is 23.5 Å². The van der Waals surface area contributed by atoms with Gasteiger partial charge in [-0.25, -0.2) is 18.1 Å². The largest absolute Gasteiger partial charge is 0.345 e. The van der Waals surface area contributed by atoms with Gasteiger partial charge in [0.25, 0.3) is 5.91 Å². The number of nitrogens with one attached hydrogen (secondary N) is 1. The summed E-state index contributed by atoms with van der Waals surface area (Å²) in [7, 11) is -3.16. The predicted molar refractivity (Wildman–Crippen MR) is 119 cm³/mol. The van der Waals surface area contributed by atoms with Gasteiger partial charge in [-0.15, -0.1) is 11.3 Å². The summed E-state index contributed by atoms with van der Waals surface area (Å²) in [5.41, 5.74) is 2.07. The van der Waals surface area contributed by atoms with Crippen molar-refractivity contribution in [2.45, 2.75) is 24.9 Å². The van der Waals surface area contributed by atoms with Crippen molar-refractivity contribution in [2.75, 3.05) is 24.6 Å². The maximum atomic E-state index is 12.8. The number of carbonyl (C=O) groups is 1. The summed E-state index contributed by atoms with van der Waals surface area (Å²) in [6.07, 6.45) is 5.75. The average molecular weight is 458 g/mol. The van der Waals surface area contributed by atoms with Crippen LogP contribution in [0.2, 0.25) is 0 Å². The number of aromatic nitrogens is 3. The number of sulfone groups is 1. The first-order valence-corrected chi connectivity index (χ1v) is 13.0. The molecule has 0 radical (unpaired) electrons. The second kappa shape index (κ2) is 8.18. The zero-order valence-electron chi connectivity index (χ0n) is 16.8. The third-order valence-corrected chi connectivity index (χ3v) is 8.44. The second-order valence-electron chi connectivity index (χ2n) is 8.01. The Morgan fingerprint density at radius 2 is 1.90 bits per heavy atom. The summed E-state index contributed by atoms with van der Waals surface area (Å²) in [6, 6.07) is 9.21. The molecule has 0 saturated carbocycles. The third kappa shape index (κ3) is 4.28. The molecule has 4 heterocycles. The number of amides is 1. The number of hydrogen-bond acceptors (Lipinski definition) is 7. The smallest absolute Gasteiger partial charge is 0.271 e. The van der Waals surface area contributed by atoms with E-state index in [1.165, 1.54) is 11.3 Å². The van der Waals surface area contributed by atoms with E-state index in [4.69, 9.17) is 0 Å². The van der Waals surface area contributed by atoms with Gasteiger partial charge >= 0.3 is 0 Å². The molecule has 0 aliphatic carbocycles. The molecule has 2 aromatic heterocycles. The zero-order valence-corrected chi connectivity index (χ0v) is 18.5. The summed E-state index contributed by atoms with van der Waals surface area (Å²) in [6.45, 7) is 1.78. The molecule has 2 saturated heterocycles. The Morgan fingerprint density at radius 1 is 1.13 bits per heavy atom. The van der Waals surface area contributed by atoms with Crippen LogP contribution in [0.3, 0.4) is 0 Å². The van der Waals surface area contributed by atoms with Crippen molar-refractivity contribution in [3.63, 3.8) is 0 Å². The predicted octanol–water partition coefficient (Wildman–Crippen LogP) is 1.99. The number of carbonyl (C=O) groups excluding carboxylic acids is 1. The fourth-order valence-corrected chi connectivity index (χ4v) is 7.04. The molecule has 1 N–H and O–H groups in total. The van der Waals surface area contributed by atoms with Crippen molar-refractivity contribution in [2.24, 2.45) is 0 Å². The summed E-state index contributed by atoms with van der Waals surface area (Å²) in [5.74, 6) is -0.232. The SMILES string of the molecule is O=C(NC1CS(=O)(=O)CC1N1CCCC1)c1csc(-c2cnn(-c3ccccc3)c2)n1. The molecule has 2 atom stereocenters. The molecule has 5 rings (SSSR count). The molecular formula is C21H23N5O3S2. The van der Waals surface area contributed by atoms with Gasteiger partial charge < -0.3 is 5.32 Å². The van der Waals surface area contributed by atoms with E-state index in [1.807, 2.05) is 36.5 Å². The highest BCUT2D eigenvalue weighted by Gasteiger charge is 2.42. The van der Waals surface area contributed by atoms with Crippen LogP contribution in [0.5, 0.6) is 0 Å². The first-order chi connectivity index (χ1) is 15.0. The van der Waals surface area contributed by atoms with E-state index in [0.717, 1.165) is 37.2 Å². The lowest BCUT2D eigenvalue weighted by Crippen LogP contribution is -2.50. The van der Waals surface area contributed by atoms with Gasteiger partial charge in [-0.05, 0) is 38.1 Å². The van der Waals surface area contributed by atoms with Crippen molar-refractivity contribution >= 4 is 27.1 Å². The minimum absolute atomic E-state index is 0.0131. The van der Waals surface area contributed by atoms with Crippen LogP contribution in [0.4, 0.5) is 0 Å². The van der Waals surface area contributed by atoms with Crippen LogP contribution in [0.15, 0.2) is 48.1 Å². The van der Waals surface area contributed by atoms with Gasteiger partial charge in [0.2, 0.25) is 0 Å². The molecule has 0 spiro atoms. The van der Waals surface area contributed by atoms with Gasteiger partial charge in [0.1, 0.15) is 10.7 Å². The van der Waals surface area contributed by atoms with Crippen LogP contribution in [0.1, 0.15) is 23.3 Å². The number of hydrogen-bond donors (Lipinski definition) is 1. The van der Waals surface area contributed by atoms with E-state index >= 15 is 0 Å². The Bertz CT molecular complexity index is 1180. The quantitative estimate of drug-likeness (QED) is 0.629. The molecule has 2 unspecified atom stereocenters. The highest BCUT2D eigenvalue weighted by Crippen LogP contribution is 2.26. The van der Waals surface area contributed by atoms with Crippen LogP contribution >= 0.6 is 11.3 Å². The van der Waals surface area contributed by atoms with Crippen molar-refractivity contribution in [1.82, 2.24) is 25.0 Å². The molecule has 1 aromatic carbocycles. The number of rotatable bonds is 5. The van der Waals surface area contributed by atoms with Gasteiger partial charge in [0.15, 0.2) is 9.84 Å². The first-order valence-electron chi connectivity index (χ1n) is 10.3. The van der Waals surface area contributed by atoms with Gasteiger partial charge in [-0.2, -0.15) is 5.10 Å². The maximum absolute atomic E-state index is 12.8. The second-order valence-corrected chi connectivity index (χ2v) is 11.0. The summed E-state index contributed by atoms with van der Waals surface area (Å²) in [4.78, 5) is 19.5. The molecule has 0 bridgehead atoms. The summed E-state index contributed by atoms with van der Waals surface area (Å²) < 4.78 is 26.2. The molecule has 162 valence electrons. The normalized spacial score (nSPS) is 23.2. The standard InChI is InChI=1S/C21H23N5O3S2/c27-20(23-18-13-31(28,29)14-19(18)25-8-4-5-9-25)17-12-30-21(24-17)15-10-22-26(11-15)16-6-2-1-3-7-16/h1-3,6-7,10-12,18-19H,4-5,8-9,13-14H2,(H,23,27). The van der Waals surface area contributed by atoms with Gasteiger partial charge in [0.05, 0.1) is 29.4 Å². The summed E-state index contributed by atoms with van der Waals surface area (Å²) in [5, 5.41) is 9.72. The molecular weight excluding hydrogens is 434 g/mol. The number of nitrogens with zero attached hydrogens (tertiary/aromatic N) is 4. The van der Waals surface area contributed by atoms with E-state index < -0.39 is 15.9 Å². The molecule has 2 aliphatic rings. The third-order valence-electron chi connectivity index (χ3n) is 5.84. The Labute approximate surface area is 184 Å². The molecule has 1 amide bonds. The minimum Gasteiger partial charge on any atom is -0.345 e. The number of para-hydroxylation sites is 1.